The lowest BCUT2D eigenvalue weighted by Crippen LogP contribution is -2.51. The second-order valence-electron chi connectivity index (χ2n) is 9.73. The van der Waals surface area contributed by atoms with E-state index in [0.29, 0.717) is 23.3 Å². The number of benzene rings is 2. The number of rotatable bonds is 5. The molecular formula is C26H31ClN4O2. The molecule has 2 heterocycles. The van der Waals surface area contributed by atoms with Gasteiger partial charge in [-0.15, -0.1) is 0 Å². The molecule has 1 aliphatic rings. The molecule has 0 N–H and O–H groups in total. The van der Waals surface area contributed by atoms with E-state index in [9.17, 15) is 4.79 Å². The third-order valence-corrected chi connectivity index (χ3v) is 6.36. The molecule has 1 saturated heterocycles. The quantitative estimate of drug-likeness (QED) is 0.479. The molecule has 6 nitrogen and oxygen atoms in total. The lowest BCUT2D eigenvalue weighted by molar-refractivity contribution is -0.142. The third-order valence-electron chi connectivity index (χ3n) is 6.11. The molecule has 0 saturated carbocycles. The first-order valence-electron chi connectivity index (χ1n) is 11.4. The zero-order valence-corrected chi connectivity index (χ0v) is 20.5. The first-order valence-corrected chi connectivity index (χ1v) is 11.8. The molecule has 0 aliphatic carbocycles. The Labute approximate surface area is 200 Å². The summed E-state index contributed by atoms with van der Waals surface area (Å²) in [5.74, 6) is 0.976. The number of hydrogen-bond acceptors (Lipinski definition) is 5. The monoisotopic (exact) mass is 466 g/mol. The Bertz CT molecular complexity index is 1090. The maximum atomic E-state index is 13.7. The average molecular weight is 467 g/mol. The molecule has 1 fully saturated rings. The highest BCUT2D eigenvalue weighted by Gasteiger charge is 2.35. The fourth-order valence-corrected chi connectivity index (χ4v) is 4.33. The zero-order chi connectivity index (χ0) is 23.6. The van der Waals surface area contributed by atoms with Crippen molar-refractivity contribution in [2.75, 3.05) is 18.0 Å². The van der Waals surface area contributed by atoms with Crippen molar-refractivity contribution in [2.24, 2.45) is 5.92 Å². The van der Waals surface area contributed by atoms with Gasteiger partial charge in [-0.05, 0) is 76.9 Å². The normalized spacial score (nSPS) is 16.6. The number of halogens is 1. The van der Waals surface area contributed by atoms with Gasteiger partial charge in [0.25, 0.3) is 0 Å². The average Bonchev–Trinajstić information content (AvgIpc) is 3.26. The molecule has 1 amide bonds. The summed E-state index contributed by atoms with van der Waals surface area (Å²) in [4.78, 5) is 22.4. The van der Waals surface area contributed by atoms with Gasteiger partial charge >= 0.3 is 0 Å². The Hall–Kier alpha value is -2.86. The van der Waals surface area contributed by atoms with Crippen LogP contribution in [0.15, 0.2) is 53.1 Å². The molecular weight excluding hydrogens is 436 g/mol. The van der Waals surface area contributed by atoms with E-state index in [-0.39, 0.29) is 23.9 Å². The second kappa shape index (κ2) is 9.56. The lowest BCUT2D eigenvalue weighted by atomic mass is 9.93. The van der Waals surface area contributed by atoms with Crippen molar-refractivity contribution >= 4 is 23.2 Å². The summed E-state index contributed by atoms with van der Waals surface area (Å²) in [7, 11) is 0. The number of amides is 1. The number of aryl methyl sites for hydroxylation is 1. The molecule has 2 aromatic carbocycles. The number of aromatic nitrogens is 2. The van der Waals surface area contributed by atoms with Crippen LogP contribution >= 0.6 is 11.6 Å². The van der Waals surface area contributed by atoms with Gasteiger partial charge in [-0.25, -0.2) is 0 Å². The van der Waals surface area contributed by atoms with Crippen LogP contribution in [0.3, 0.4) is 0 Å². The summed E-state index contributed by atoms with van der Waals surface area (Å²) in [6, 6.07) is 15.8. The Morgan fingerprint density at radius 3 is 2.52 bits per heavy atom. The number of carbonyl (C=O) groups excluding carboxylic acids is 1. The standard InChI is InChI=1S/C26H31ClN4O2/c1-18-7-13-22(14-8-18)30-15-5-6-20(16-30)25(32)31(26(2,3)4)17-23-28-24(29-33-23)19-9-11-21(27)12-10-19/h7-14,20H,5-6,15-17H2,1-4H3/t20-/m0/s1. The van der Waals surface area contributed by atoms with Gasteiger partial charge in [-0.1, -0.05) is 34.5 Å². The number of nitrogens with zero attached hydrogens (tertiary/aromatic N) is 4. The van der Waals surface area contributed by atoms with Gasteiger partial charge in [0, 0.05) is 34.9 Å². The minimum absolute atomic E-state index is 0.0714. The highest BCUT2D eigenvalue weighted by molar-refractivity contribution is 6.30. The van der Waals surface area contributed by atoms with Crippen LogP contribution in [0, 0.1) is 12.8 Å². The van der Waals surface area contributed by atoms with Crippen molar-refractivity contribution in [2.45, 2.75) is 52.6 Å². The van der Waals surface area contributed by atoms with E-state index in [1.54, 1.807) is 12.1 Å². The van der Waals surface area contributed by atoms with Crippen molar-refractivity contribution in [1.82, 2.24) is 15.0 Å². The van der Waals surface area contributed by atoms with Gasteiger partial charge < -0.3 is 14.3 Å². The molecule has 0 unspecified atom stereocenters. The molecule has 0 bridgehead atoms. The van der Waals surface area contributed by atoms with Crippen molar-refractivity contribution < 1.29 is 9.32 Å². The van der Waals surface area contributed by atoms with E-state index in [0.717, 1.165) is 24.9 Å². The van der Waals surface area contributed by atoms with E-state index in [1.165, 1.54) is 11.3 Å². The summed E-state index contributed by atoms with van der Waals surface area (Å²) in [5, 5.41) is 4.76. The Morgan fingerprint density at radius 1 is 1.15 bits per heavy atom. The van der Waals surface area contributed by atoms with Gasteiger partial charge in [0.1, 0.15) is 6.54 Å². The summed E-state index contributed by atoms with van der Waals surface area (Å²) < 4.78 is 5.52. The highest BCUT2D eigenvalue weighted by Crippen LogP contribution is 2.28. The number of anilines is 1. The van der Waals surface area contributed by atoms with Crippen LogP contribution in [0.25, 0.3) is 11.4 Å². The van der Waals surface area contributed by atoms with E-state index in [2.05, 4.69) is 46.2 Å². The fraction of sp³-hybridized carbons (Fsp3) is 0.423. The van der Waals surface area contributed by atoms with Crippen LogP contribution in [0.2, 0.25) is 5.02 Å². The van der Waals surface area contributed by atoms with Crippen LogP contribution in [-0.4, -0.2) is 39.6 Å². The first-order chi connectivity index (χ1) is 15.7. The van der Waals surface area contributed by atoms with E-state index in [1.807, 2.05) is 37.8 Å². The maximum Gasteiger partial charge on any atom is 0.246 e. The van der Waals surface area contributed by atoms with Crippen molar-refractivity contribution in [3.8, 4) is 11.4 Å². The van der Waals surface area contributed by atoms with Crippen molar-refractivity contribution in [1.29, 1.82) is 0 Å². The molecule has 0 radical (unpaired) electrons. The number of carbonyl (C=O) groups is 1. The summed E-state index contributed by atoms with van der Waals surface area (Å²) in [6.45, 7) is 10.2. The topological polar surface area (TPSA) is 62.5 Å². The molecule has 174 valence electrons. The molecule has 1 aromatic heterocycles. The van der Waals surface area contributed by atoms with E-state index < -0.39 is 0 Å². The molecule has 7 heteroatoms. The van der Waals surface area contributed by atoms with E-state index >= 15 is 0 Å². The van der Waals surface area contributed by atoms with Gasteiger partial charge in [-0.3, -0.25) is 4.79 Å². The van der Waals surface area contributed by atoms with Crippen molar-refractivity contribution in [3.63, 3.8) is 0 Å². The third kappa shape index (κ3) is 5.56. The predicted molar refractivity (Wildman–Crippen MR) is 131 cm³/mol. The summed E-state index contributed by atoms with van der Waals surface area (Å²) in [5.41, 5.74) is 2.85. The molecule has 4 rings (SSSR count). The van der Waals surface area contributed by atoms with Crippen molar-refractivity contribution in [3.05, 3.63) is 65.0 Å². The van der Waals surface area contributed by atoms with Crippen LogP contribution < -0.4 is 4.90 Å². The molecule has 33 heavy (non-hydrogen) atoms. The maximum absolute atomic E-state index is 13.7. The molecule has 3 aromatic rings. The number of hydrogen-bond donors (Lipinski definition) is 0. The van der Waals surface area contributed by atoms with Crippen LogP contribution in [-0.2, 0) is 11.3 Å². The largest absolute Gasteiger partial charge is 0.371 e. The van der Waals surface area contributed by atoms with Gasteiger partial charge in [-0.2, -0.15) is 4.98 Å². The predicted octanol–water partition coefficient (Wildman–Crippen LogP) is 5.74. The van der Waals surface area contributed by atoms with Gasteiger partial charge in [0.2, 0.25) is 17.6 Å². The molecule has 1 atom stereocenters. The zero-order valence-electron chi connectivity index (χ0n) is 19.7. The minimum atomic E-state index is -0.377. The summed E-state index contributed by atoms with van der Waals surface area (Å²) in [6.07, 6.45) is 1.87. The molecule has 0 spiro atoms. The van der Waals surface area contributed by atoms with Gasteiger partial charge in [0.05, 0.1) is 5.92 Å². The van der Waals surface area contributed by atoms with Crippen LogP contribution in [0.4, 0.5) is 5.69 Å². The van der Waals surface area contributed by atoms with Crippen LogP contribution in [0.5, 0.6) is 0 Å². The smallest absolute Gasteiger partial charge is 0.246 e. The van der Waals surface area contributed by atoms with Gasteiger partial charge in [0.15, 0.2) is 0 Å². The minimum Gasteiger partial charge on any atom is -0.371 e. The summed E-state index contributed by atoms with van der Waals surface area (Å²) >= 11 is 5.98. The Morgan fingerprint density at radius 2 is 1.85 bits per heavy atom. The first kappa shape index (κ1) is 23.3. The molecule has 1 aliphatic heterocycles. The number of piperidine rings is 1. The second-order valence-corrected chi connectivity index (χ2v) is 10.2. The van der Waals surface area contributed by atoms with E-state index in [4.69, 9.17) is 16.1 Å². The highest BCUT2D eigenvalue weighted by atomic mass is 35.5. The lowest BCUT2D eigenvalue weighted by Gasteiger charge is -2.40. The fourth-order valence-electron chi connectivity index (χ4n) is 4.21. The Balaban J connectivity index is 1.50. The van der Waals surface area contributed by atoms with Crippen LogP contribution in [0.1, 0.15) is 45.1 Å². The SMILES string of the molecule is Cc1ccc(N2CCC[C@H](C(=O)N(Cc3nc(-c4ccc(Cl)cc4)no3)C(C)(C)C)C2)cc1. The Kier molecular flexibility index (Phi) is 6.75.